The third kappa shape index (κ3) is 3.05. The van der Waals surface area contributed by atoms with Crippen LogP contribution in [-0.4, -0.2) is 7.11 Å². The van der Waals surface area contributed by atoms with Crippen molar-refractivity contribution in [3.8, 4) is 5.75 Å². The van der Waals surface area contributed by atoms with Crippen LogP contribution in [0.5, 0.6) is 5.75 Å². The maximum atomic E-state index is 6.11. The molecule has 0 N–H and O–H groups in total. The Labute approximate surface area is 126 Å². The molecule has 0 aliphatic rings. The Morgan fingerprint density at radius 2 is 2.06 bits per heavy atom. The minimum atomic E-state index is 0.155. The quantitative estimate of drug-likeness (QED) is 0.609. The number of thiophene rings is 1. The molecule has 2 rings (SSSR count). The number of hydrogen-bond acceptors (Lipinski definition) is 2. The molecule has 0 fully saturated rings. The molecule has 0 bridgehead atoms. The Morgan fingerprint density at radius 1 is 1.29 bits per heavy atom. The number of alkyl halides is 1. The van der Waals surface area contributed by atoms with Gasteiger partial charge in [-0.3, -0.25) is 0 Å². The number of hydrogen-bond donors (Lipinski definition) is 0. The van der Waals surface area contributed by atoms with Gasteiger partial charge in [-0.1, -0.05) is 33.6 Å². The molecule has 0 aliphatic carbocycles. The summed E-state index contributed by atoms with van der Waals surface area (Å²) in [6, 6.07) is 9.95. The molecule has 1 unspecified atom stereocenters. The first-order valence-electron chi connectivity index (χ1n) is 4.84. The Bertz CT molecular complexity index is 527. The molecule has 0 aliphatic heterocycles. The lowest BCUT2D eigenvalue weighted by Gasteiger charge is -2.10. The van der Waals surface area contributed by atoms with Gasteiger partial charge < -0.3 is 4.74 Å². The van der Waals surface area contributed by atoms with E-state index in [1.54, 1.807) is 18.4 Å². The molecule has 0 spiro atoms. The fraction of sp³-hybridized carbons (Fsp3) is 0.167. The zero-order valence-corrected chi connectivity index (χ0v) is 13.7. The van der Waals surface area contributed by atoms with Crippen molar-refractivity contribution in [2.75, 3.05) is 7.11 Å². The van der Waals surface area contributed by atoms with Crippen molar-refractivity contribution in [2.24, 2.45) is 0 Å². The normalized spacial score (nSPS) is 12.5. The Kier molecular flexibility index (Phi) is 4.53. The van der Waals surface area contributed by atoms with Crippen molar-refractivity contribution in [3.63, 3.8) is 0 Å². The molecule has 0 saturated heterocycles. The lowest BCUT2D eigenvalue weighted by atomic mass is 10.1. The van der Waals surface area contributed by atoms with Crippen LogP contribution in [0.25, 0.3) is 0 Å². The Hall–Kier alpha value is -0.0300. The molecule has 0 amide bonds. The second-order valence-corrected chi connectivity index (χ2v) is 7.22. The molecule has 1 heterocycles. The van der Waals surface area contributed by atoms with E-state index in [4.69, 9.17) is 16.3 Å². The topological polar surface area (TPSA) is 9.23 Å². The van der Waals surface area contributed by atoms with Gasteiger partial charge in [0.15, 0.2) is 0 Å². The van der Waals surface area contributed by atoms with Crippen LogP contribution in [0.4, 0.5) is 0 Å². The summed E-state index contributed by atoms with van der Waals surface area (Å²) < 4.78 is 6.26. The summed E-state index contributed by atoms with van der Waals surface area (Å²) in [5.41, 5.74) is 1.12. The van der Waals surface area contributed by atoms with Gasteiger partial charge in [0.1, 0.15) is 5.75 Å². The number of rotatable bonds is 3. The third-order valence-electron chi connectivity index (χ3n) is 2.31. The number of methoxy groups -OCH3 is 1. The predicted octanol–water partition coefficient (Wildman–Crippen LogP) is 5.66. The van der Waals surface area contributed by atoms with Gasteiger partial charge in [0.2, 0.25) is 0 Å². The molecule has 90 valence electrons. The lowest BCUT2D eigenvalue weighted by molar-refractivity contribution is 0.415. The van der Waals surface area contributed by atoms with Crippen molar-refractivity contribution >= 4 is 54.8 Å². The van der Waals surface area contributed by atoms with Crippen LogP contribution < -0.4 is 4.74 Å². The summed E-state index contributed by atoms with van der Waals surface area (Å²) >= 11 is 15.0. The minimum Gasteiger partial charge on any atom is -0.495 e. The van der Waals surface area contributed by atoms with Gasteiger partial charge >= 0.3 is 0 Å². The molecule has 17 heavy (non-hydrogen) atoms. The third-order valence-corrected chi connectivity index (χ3v) is 5.62. The van der Waals surface area contributed by atoms with Gasteiger partial charge in [-0.2, -0.15) is 0 Å². The van der Waals surface area contributed by atoms with E-state index in [1.165, 1.54) is 4.88 Å². The molecular formula is C12H9Br2ClOS. The minimum absolute atomic E-state index is 0.155. The molecule has 5 heteroatoms. The van der Waals surface area contributed by atoms with Crippen LogP contribution in [0.3, 0.4) is 0 Å². The molecule has 0 saturated carbocycles. The van der Waals surface area contributed by atoms with Crippen molar-refractivity contribution in [1.82, 2.24) is 0 Å². The summed E-state index contributed by atoms with van der Waals surface area (Å²) in [5, 5.41) is 0.630. The maximum absolute atomic E-state index is 6.11. The zero-order chi connectivity index (χ0) is 12.4. The molecule has 1 aromatic carbocycles. The highest BCUT2D eigenvalue weighted by Crippen LogP contribution is 2.39. The van der Waals surface area contributed by atoms with Gasteiger partial charge in [0.05, 0.1) is 20.7 Å². The van der Waals surface area contributed by atoms with Crippen molar-refractivity contribution in [3.05, 3.63) is 49.6 Å². The van der Waals surface area contributed by atoms with Crippen LogP contribution in [0.15, 0.2) is 34.1 Å². The molecular weight excluding hydrogens is 387 g/mol. The fourth-order valence-corrected chi connectivity index (χ4v) is 3.88. The predicted molar refractivity (Wildman–Crippen MR) is 80.8 cm³/mol. The van der Waals surface area contributed by atoms with Crippen molar-refractivity contribution in [2.45, 2.75) is 4.83 Å². The van der Waals surface area contributed by atoms with Gasteiger partial charge in [0.25, 0.3) is 0 Å². The highest BCUT2D eigenvalue weighted by Gasteiger charge is 2.14. The first-order chi connectivity index (χ1) is 8.11. The van der Waals surface area contributed by atoms with E-state index < -0.39 is 0 Å². The summed E-state index contributed by atoms with van der Waals surface area (Å²) in [7, 11) is 1.61. The van der Waals surface area contributed by atoms with Gasteiger partial charge in [-0.15, -0.1) is 11.3 Å². The van der Waals surface area contributed by atoms with Crippen molar-refractivity contribution < 1.29 is 4.74 Å². The van der Waals surface area contributed by atoms with E-state index in [-0.39, 0.29) is 4.83 Å². The van der Waals surface area contributed by atoms with Gasteiger partial charge in [-0.25, -0.2) is 0 Å². The Balaban J connectivity index is 2.31. The van der Waals surface area contributed by atoms with E-state index in [1.807, 2.05) is 24.3 Å². The van der Waals surface area contributed by atoms with Crippen LogP contribution in [0.1, 0.15) is 15.3 Å². The van der Waals surface area contributed by atoms with Crippen LogP contribution in [0, 0.1) is 0 Å². The van der Waals surface area contributed by atoms with Crippen LogP contribution in [0.2, 0.25) is 5.02 Å². The first kappa shape index (κ1) is 13.4. The van der Waals surface area contributed by atoms with E-state index in [2.05, 4.69) is 37.9 Å². The number of ether oxygens (including phenoxy) is 1. The Morgan fingerprint density at radius 3 is 2.59 bits per heavy atom. The highest BCUT2D eigenvalue weighted by atomic mass is 79.9. The summed E-state index contributed by atoms with van der Waals surface area (Å²) in [4.78, 5) is 1.39. The summed E-state index contributed by atoms with van der Waals surface area (Å²) in [5.74, 6) is 0.697. The maximum Gasteiger partial charge on any atom is 0.137 e. The number of halogens is 3. The smallest absolute Gasteiger partial charge is 0.137 e. The first-order valence-corrected chi connectivity index (χ1v) is 7.75. The van der Waals surface area contributed by atoms with Crippen LogP contribution in [-0.2, 0) is 0 Å². The zero-order valence-electron chi connectivity index (χ0n) is 8.91. The molecule has 1 atom stereocenters. The average Bonchev–Trinajstić information content (AvgIpc) is 2.75. The van der Waals surface area contributed by atoms with Crippen LogP contribution >= 0.6 is 54.8 Å². The number of benzene rings is 1. The molecule has 2 aromatic rings. The summed E-state index contributed by atoms with van der Waals surface area (Å²) in [6.07, 6.45) is 0. The molecule has 1 nitrogen and oxygen atoms in total. The van der Waals surface area contributed by atoms with Gasteiger partial charge in [-0.05, 0) is 45.8 Å². The van der Waals surface area contributed by atoms with E-state index >= 15 is 0 Å². The second-order valence-electron chi connectivity index (χ2n) is 3.40. The lowest BCUT2D eigenvalue weighted by Crippen LogP contribution is -1.91. The highest BCUT2D eigenvalue weighted by molar-refractivity contribution is 9.11. The standard InChI is InChI=1S/C12H9Br2ClOS/c1-16-9-3-2-7(6-8(9)15)12(14)10-4-5-11(13)17-10/h2-6,12H,1H3. The van der Waals surface area contributed by atoms with Gasteiger partial charge in [0, 0.05) is 4.88 Å². The summed E-state index contributed by atoms with van der Waals surface area (Å²) in [6.45, 7) is 0. The monoisotopic (exact) mass is 394 g/mol. The van der Waals surface area contributed by atoms with E-state index in [0.717, 1.165) is 9.35 Å². The van der Waals surface area contributed by atoms with E-state index in [0.29, 0.717) is 10.8 Å². The van der Waals surface area contributed by atoms with E-state index in [9.17, 15) is 0 Å². The fourth-order valence-electron chi connectivity index (χ4n) is 1.47. The largest absolute Gasteiger partial charge is 0.495 e. The second kappa shape index (κ2) is 5.74. The van der Waals surface area contributed by atoms with Crippen molar-refractivity contribution in [1.29, 1.82) is 0 Å². The molecule has 1 aromatic heterocycles. The SMILES string of the molecule is COc1ccc(C(Br)c2ccc(Br)s2)cc1Cl. The molecule has 0 radical (unpaired) electrons. The average molecular weight is 397 g/mol.